The van der Waals surface area contributed by atoms with Crippen molar-refractivity contribution < 1.29 is 19.7 Å². The number of ether oxygens (including phenoxy) is 2. The summed E-state index contributed by atoms with van der Waals surface area (Å²) in [5.41, 5.74) is -0.518. The van der Waals surface area contributed by atoms with Crippen molar-refractivity contribution in [1.29, 1.82) is 0 Å². The van der Waals surface area contributed by atoms with E-state index in [1.165, 1.54) is 17.3 Å². The third-order valence-corrected chi connectivity index (χ3v) is 4.34. The van der Waals surface area contributed by atoms with Gasteiger partial charge in [0, 0.05) is 0 Å². The van der Waals surface area contributed by atoms with Gasteiger partial charge in [0.2, 0.25) is 0 Å². The van der Waals surface area contributed by atoms with Crippen molar-refractivity contribution >= 4 is 0 Å². The van der Waals surface area contributed by atoms with Gasteiger partial charge in [-0.25, -0.2) is 9.67 Å². The zero-order valence-corrected chi connectivity index (χ0v) is 14.6. The van der Waals surface area contributed by atoms with E-state index in [9.17, 15) is 10.2 Å². The molecule has 136 valence electrons. The van der Waals surface area contributed by atoms with E-state index in [1.54, 1.807) is 62.8 Å². The first kappa shape index (κ1) is 17.9. The van der Waals surface area contributed by atoms with Gasteiger partial charge < -0.3 is 19.7 Å². The second-order valence-electron chi connectivity index (χ2n) is 5.92. The minimum absolute atomic E-state index is 0.0343. The number of rotatable bonds is 7. The second-order valence-corrected chi connectivity index (χ2v) is 5.92. The molecule has 0 aliphatic rings. The van der Waals surface area contributed by atoms with E-state index < -0.39 is 11.7 Å². The molecule has 2 atom stereocenters. The molecular formula is C19H21N3O4. The number of hydrogen-bond donors (Lipinski definition) is 2. The van der Waals surface area contributed by atoms with Crippen LogP contribution in [0.2, 0.25) is 0 Å². The van der Waals surface area contributed by atoms with E-state index in [1.807, 2.05) is 0 Å². The molecule has 0 aliphatic heterocycles. The molecule has 0 saturated heterocycles. The first-order valence-electron chi connectivity index (χ1n) is 8.08. The van der Waals surface area contributed by atoms with Crippen LogP contribution in [0.25, 0.3) is 0 Å². The molecule has 0 spiro atoms. The average Bonchev–Trinajstić information content (AvgIpc) is 3.20. The first-order valence-corrected chi connectivity index (χ1v) is 8.08. The van der Waals surface area contributed by atoms with Gasteiger partial charge in [0.25, 0.3) is 0 Å². The Labute approximate surface area is 151 Å². The molecule has 0 radical (unpaired) electrons. The molecular weight excluding hydrogens is 334 g/mol. The molecule has 7 nitrogen and oxygen atoms in total. The summed E-state index contributed by atoms with van der Waals surface area (Å²) < 4.78 is 11.8. The average molecular weight is 355 g/mol. The molecule has 2 N–H and O–H groups in total. The minimum Gasteiger partial charge on any atom is -0.497 e. The predicted octanol–water partition coefficient (Wildman–Crippen LogP) is 1.92. The Morgan fingerprint density at radius 2 is 1.58 bits per heavy atom. The molecule has 0 unspecified atom stereocenters. The fourth-order valence-corrected chi connectivity index (χ4v) is 2.84. The van der Waals surface area contributed by atoms with Gasteiger partial charge in [0.15, 0.2) is 0 Å². The summed E-state index contributed by atoms with van der Waals surface area (Å²) >= 11 is 0. The fraction of sp³-hybridized carbons (Fsp3) is 0.263. The third-order valence-electron chi connectivity index (χ3n) is 4.34. The Hall–Kier alpha value is -2.90. The Balaban J connectivity index is 2.00. The van der Waals surface area contributed by atoms with Crippen LogP contribution in [0.1, 0.15) is 17.2 Å². The lowest BCUT2D eigenvalue weighted by Gasteiger charge is -2.33. The predicted molar refractivity (Wildman–Crippen MR) is 94.9 cm³/mol. The summed E-state index contributed by atoms with van der Waals surface area (Å²) in [6, 6.07) is 13.8. The normalized spacial score (nSPS) is 14.5. The van der Waals surface area contributed by atoms with Crippen LogP contribution in [-0.4, -0.2) is 39.2 Å². The van der Waals surface area contributed by atoms with Gasteiger partial charge in [-0.05, 0) is 35.4 Å². The molecule has 1 aromatic heterocycles. The summed E-state index contributed by atoms with van der Waals surface area (Å²) in [4.78, 5) is 3.90. The molecule has 7 heteroatoms. The lowest BCUT2D eigenvalue weighted by Crippen LogP contribution is -2.38. The van der Waals surface area contributed by atoms with Crippen molar-refractivity contribution in [2.45, 2.75) is 18.2 Å². The van der Waals surface area contributed by atoms with Crippen molar-refractivity contribution in [2.75, 3.05) is 14.2 Å². The molecule has 0 saturated carbocycles. The summed E-state index contributed by atoms with van der Waals surface area (Å²) in [6.45, 7) is 0.0343. The molecule has 0 bridgehead atoms. The molecule has 3 aromatic rings. The van der Waals surface area contributed by atoms with Crippen molar-refractivity contribution in [2.24, 2.45) is 0 Å². The van der Waals surface area contributed by atoms with Crippen LogP contribution < -0.4 is 9.47 Å². The van der Waals surface area contributed by atoms with Gasteiger partial charge in [-0.3, -0.25) is 0 Å². The molecule has 3 rings (SSSR count). The lowest BCUT2D eigenvalue weighted by atomic mass is 9.84. The summed E-state index contributed by atoms with van der Waals surface area (Å²) in [6.07, 6.45) is 1.69. The van der Waals surface area contributed by atoms with E-state index in [0.29, 0.717) is 22.6 Å². The van der Waals surface area contributed by atoms with Crippen LogP contribution in [0.3, 0.4) is 0 Å². The van der Waals surface area contributed by atoms with Crippen LogP contribution in [-0.2, 0) is 12.1 Å². The summed E-state index contributed by atoms with van der Waals surface area (Å²) in [5.74, 6) is 1.33. The second kappa shape index (κ2) is 7.55. The number of aliphatic hydroxyl groups is 2. The van der Waals surface area contributed by atoms with E-state index >= 15 is 0 Å². The van der Waals surface area contributed by atoms with Crippen LogP contribution in [0.5, 0.6) is 11.5 Å². The van der Waals surface area contributed by atoms with Crippen LogP contribution in [0.15, 0.2) is 61.2 Å². The number of nitrogens with zero attached hydrogens (tertiary/aromatic N) is 3. The highest BCUT2D eigenvalue weighted by molar-refractivity contribution is 5.35. The number of aliphatic hydroxyl groups excluding tert-OH is 1. The Morgan fingerprint density at radius 1 is 1.00 bits per heavy atom. The maximum absolute atomic E-state index is 11.5. The van der Waals surface area contributed by atoms with E-state index in [0.717, 1.165) is 0 Å². The zero-order chi connectivity index (χ0) is 18.6. The quantitative estimate of drug-likeness (QED) is 0.673. The molecule has 26 heavy (non-hydrogen) atoms. The van der Waals surface area contributed by atoms with Gasteiger partial charge in [0.05, 0.1) is 20.8 Å². The highest BCUT2D eigenvalue weighted by Crippen LogP contribution is 2.37. The monoisotopic (exact) mass is 355 g/mol. The lowest BCUT2D eigenvalue weighted by molar-refractivity contribution is -0.0965. The Kier molecular flexibility index (Phi) is 5.20. The van der Waals surface area contributed by atoms with Gasteiger partial charge in [-0.15, -0.1) is 0 Å². The van der Waals surface area contributed by atoms with Gasteiger partial charge in [-0.2, -0.15) is 5.10 Å². The fourth-order valence-electron chi connectivity index (χ4n) is 2.84. The molecule has 0 aliphatic carbocycles. The topological polar surface area (TPSA) is 89.6 Å². The van der Waals surface area contributed by atoms with E-state index in [2.05, 4.69) is 10.1 Å². The molecule has 0 fully saturated rings. The summed E-state index contributed by atoms with van der Waals surface area (Å²) in [5, 5.41) is 26.5. The molecule has 2 aromatic carbocycles. The van der Waals surface area contributed by atoms with Crippen molar-refractivity contribution in [3.8, 4) is 11.5 Å². The maximum atomic E-state index is 11.5. The smallest absolute Gasteiger partial charge is 0.139 e. The maximum Gasteiger partial charge on any atom is 0.139 e. The first-order chi connectivity index (χ1) is 12.6. The minimum atomic E-state index is -1.62. The Bertz CT molecular complexity index is 819. The number of aromatic nitrogens is 3. The van der Waals surface area contributed by atoms with Crippen LogP contribution in [0.4, 0.5) is 0 Å². The van der Waals surface area contributed by atoms with Crippen molar-refractivity contribution in [1.82, 2.24) is 14.8 Å². The van der Waals surface area contributed by atoms with Gasteiger partial charge >= 0.3 is 0 Å². The summed E-state index contributed by atoms with van der Waals surface area (Å²) in [7, 11) is 3.15. The number of methoxy groups -OCH3 is 2. The molecule has 0 amide bonds. The van der Waals surface area contributed by atoms with Gasteiger partial charge in [-0.1, -0.05) is 24.3 Å². The zero-order valence-electron chi connectivity index (χ0n) is 14.6. The molecule has 1 heterocycles. The largest absolute Gasteiger partial charge is 0.497 e. The van der Waals surface area contributed by atoms with E-state index in [-0.39, 0.29) is 6.54 Å². The number of hydrogen-bond acceptors (Lipinski definition) is 6. The van der Waals surface area contributed by atoms with Crippen LogP contribution >= 0.6 is 0 Å². The highest BCUT2D eigenvalue weighted by Gasteiger charge is 2.39. The highest BCUT2D eigenvalue weighted by atomic mass is 16.5. The SMILES string of the molecule is COc1ccc([C@H](O)[C@](O)(Cn2cncn2)c2ccc(OC)cc2)cc1. The number of benzene rings is 2. The van der Waals surface area contributed by atoms with Crippen molar-refractivity contribution in [3.05, 3.63) is 72.3 Å². The Morgan fingerprint density at radius 3 is 2.08 bits per heavy atom. The van der Waals surface area contributed by atoms with Crippen LogP contribution in [0, 0.1) is 0 Å². The standard InChI is InChI=1S/C19H21N3O4/c1-25-16-7-3-14(4-8-16)18(23)19(24,11-22-13-20-12-21-22)15-5-9-17(26-2)10-6-15/h3-10,12-13,18,23-24H,11H2,1-2H3/t18-,19-/m0/s1. The van der Waals surface area contributed by atoms with Gasteiger partial charge in [0.1, 0.15) is 35.9 Å². The third kappa shape index (κ3) is 3.54. The van der Waals surface area contributed by atoms with Crippen molar-refractivity contribution in [3.63, 3.8) is 0 Å². The van der Waals surface area contributed by atoms with E-state index in [4.69, 9.17) is 9.47 Å².